The van der Waals surface area contributed by atoms with E-state index in [4.69, 9.17) is 10.5 Å². The third-order valence-corrected chi connectivity index (χ3v) is 4.65. The van der Waals surface area contributed by atoms with Gasteiger partial charge in [0, 0.05) is 7.11 Å². The van der Waals surface area contributed by atoms with Crippen molar-refractivity contribution in [2.45, 2.75) is 75.9 Å². The highest BCUT2D eigenvalue weighted by Crippen LogP contribution is 2.36. The second-order valence-electron chi connectivity index (χ2n) is 5.69. The van der Waals surface area contributed by atoms with E-state index < -0.39 is 0 Å². The predicted molar refractivity (Wildman–Crippen MR) is 72.0 cm³/mol. The summed E-state index contributed by atoms with van der Waals surface area (Å²) in [5, 5.41) is 0. The lowest BCUT2D eigenvalue weighted by Crippen LogP contribution is -2.50. The Balaban J connectivity index is 2.11. The number of methoxy groups -OCH3 is 1. The van der Waals surface area contributed by atoms with Crippen molar-refractivity contribution in [1.82, 2.24) is 0 Å². The van der Waals surface area contributed by atoms with Crippen LogP contribution >= 0.6 is 0 Å². The van der Waals surface area contributed by atoms with Crippen molar-refractivity contribution < 1.29 is 4.74 Å². The molecule has 0 saturated heterocycles. The molecule has 0 bridgehead atoms. The van der Waals surface area contributed by atoms with E-state index in [1.54, 1.807) is 0 Å². The Bertz CT molecular complexity index is 264. The number of rotatable bonds is 3. The monoisotopic (exact) mass is 237 g/mol. The van der Waals surface area contributed by atoms with Gasteiger partial charge in [-0.1, -0.05) is 37.3 Å². The molecule has 2 aliphatic carbocycles. The van der Waals surface area contributed by atoms with Crippen molar-refractivity contribution in [2.75, 3.05) is 7.11 Å². The molecule has 0 heterocycles. The van der Waals surface area contributed by atoms with Crippen molar-refractivity contribution in [3.8, 4) is 0 Å². The highest BCUT2D eigenvalue weighted by Gasteiger charge is 2.38. The SMILES string of the molecule is COC1(C(N)C2=CCCCC2)CCCCCC1. The molecule has 2 nitrogen and oxygen atoms in total. The second-order valence-corrected chi connectivity index (χ2v) is 5.69. The Kier molecular flexibility index (Phi) is 4.63. The molecule has 1 saturated carbocycles. The minimum Gasteiger partial charge on any atom is -0.376 e. The molecular weight excluding hydrogens is 210 g/mol. The van der Waals surface area contributed by atoms with Gasteiger partial charge in [-0.3, -0.25) is 0 Å². The van der Waals surface area contributed by atoms with Crippen molar-refractivity contribution in [3.05, 3.63) is 11.6 Å². The maximum atomic E-state index is 6.54. The lowest BCUT2D eigenvalue weighted by atomic mass is 9.79. The van der Waals surface area contributed by atoms with E-state index in [2.05, 4.69) is 6.08 Å². The summed E-state index contributed by atoms with van der Waals surface area (Å²) in [4.78, 5) is 0. The molecule has 0 spiro atoms. The lowest BCUT2D eigenvalue weighted by molar-refractivity contribution is -0.0356. The van der Waals surface area contributed by atoms with Gasteiger partial charge in [-0.05, 0) is 38.5 Å². The third-order valence-electron chi connectivity index (χ3n) is 4.65. The molecule has 17 heavy (non-hydrogen) atoms. The molecule has 2 aliphatic rings. The molecule has 0 aromatic rings. The van der Waals surface area contributed by atoms with Gasteiger partial charge in [-0.25, -0.2) is 0 Å². The topological polar surface area (TPSA) is 35.2 Å². The average molecular weight is 237 g/mol. The Morgan fingerprint density at radius 1 is 1.12 bits per heavy atom. The summed E-state index contributed by atoms with van der Waals surface area (Å²) in [5.74, 6) is 0. The smallest absolute Gasteiger partial charge is 0.0867 e. The van der Waals surface area contributed by atoms with Crippen LogP contribution in [0.3, 0.4) is 0 Å². The van der Waals surface area contributed by atoms with Gasteiger partial charge < -0.3 is 10.5 Å². The number of ether oxygens (including phenoxy) is 1. The molecule has 0 radical (unpaired) electrons. The van der Waals surface area contributed by atoms with E-state index in [1.807, 2.05) is 7.11 Å². The van der Waals surface area contributed by atoms with Crippen LogP contribution in [-0.4, -0.2) is 18.8 Å². The summed E-state index contributed by atoms with van der Waals surface area (Å²) >= 11 is 0. The van der Waals surface area contributed by atoms with Crippen LogP contribution in [0.1, 0.15) is 64.2 Å². The van der Waals surface area contributed by atoms with Crippen LogP contribution in [0.2, 0.25) is 0 Å². The molecule has 2 rings (SSSR count). The minimum absolute atomic E-state index is 0.0698. The average Bonchev–Trinajstić information content (AvgIpc) is 2.65. The van der Waals surface area contributed by atoms with Crippen LogP contribution in [0, 0.1) is 0 Å². The lowest BCUT2D eigenvalue weighted by Gasteiger charge is -2.39. The van der Waals surface area contributed by atoms with E-state index in [9.17, 15) is 0 Å². The Morgan fingerprint density at radius 3 is 2.35 bits per heavy atom. The molecule has 2 heteroatoms. The summed E-state index contributed by atoms with van der Waals surface area (Å²) in [6.45, 7) is 0. The van der Waals surface area contributed by atoms with Crippen LogP contribution in [0.15, 0.2) is 11.6 Å². The van der Waals surface area contributed by atoms with Gasteiger partial charge in [0.1, 0.15) is 0 Å². The van der Waals surface area contributed by atoms with Gasteiger partial charge >= 0.3 is 0 Å². The van der Waals surface area contributed by atoms with E-state index in [1.165, 1.54) is 56.9 Å². The number of allylic oxidation sites excluding steroid dienone is 1. The largest absolute Gasteiger partial charge is 0.376 e. The van der Waals surface area contributed by atoms with Crippen LogP contribution in [-0.2, 0) is 4.74 Å². The summed E-state index contributed by atoms with van der Waals surface area (Å²) < 4.78 is 5.91. The fraction of sp³-hybridized carbons (Fsp3) is 0.867. The first kappa shape index (κ1) is 13.1. The zero-order valence-electron chi connectivity index (χ0n) is 11.2. The van der Waals surface area contributed by atoms with E-state index >= 15 is 0 Å². The molecule has 1 atom stereocenters. The van der Waals surface area contributed by atoms with Crippen LogP contribution < -0.4 is 5.73 Å². The summed E-state index contributed by atoms with van der Waals surface area (Å²) in [6, 6.07) is 0.130. The van der Waals surface area contributed by atoms with Gasteiger partial charge in [0.05, 0.1) is 11.6 Å². The fourth-order valence-electron chi connectivity index (χ4n) is 3.45. The number of hydrogen-bond acceptors (Lipinski definition) is 2. The zero-order valence-corrected chi connectivity index (χ0v) is 11.2. The molecule has 2 N–H and O–H groups in total. The highest BCUT2D eigenvalue weighted by atomic mass is 16.5. The van der Waals surface area contributed by atoms with Crippen LogP contribution in [0.25, 0.3) is 0 Å². The molecule has 98 valence electrons. The second kappa shape index (κ2) is 6.01. The first-order chi connectivity index (χ1) is 8.28. The molecule has 0 aliphatic heterocycles. The normalized spacial score (nSPS) is 27.1. The molecular formula is C15H27NO. The Hall–Kier alpha value is -0.340. The zero-order chi connectivity index (χ0) is 12.1. The number of nitrogens with two attached hydrogens (primary N) is 1. The Morgan fingerprint density at radius 2 is 1.82 bits per heavy atom. The number of hydrogen-bond donors (Lipinski definition) is 1. The maximum Gasteiger partial charge on any atom is 0.0867 e. The summed E-state index contributed by atoms with van der Waals surface area (Å²) in [7, 11) is 1.86. The van der Waals surface area contributed by atoms with Crippen molar-refractivity contribution in [2.24, 2.45) is 5.73 Å². The van der Waals surface area contributed by atoms with Gasteiger partial charge in [0.25, 0.3) is 0 Å². The molecule has 0 aromatic carbocycles. The van der Waals surface area contributed by atoms with Gasteiger partial charge in [0.15, 0.2) is 0 Å². The van der Waals surface area contributed by atoms with Gasteiger partial charge in [0.2, 0.25) is 0 Å². The van der Waals surface area contributed by atoms with Crippen molar-refractivity contribution in [3.63, 3.8) is 0 Å². The summed E-state index contributed by atoms with van der Waals surface area (Å²) in [6.07, 6.45) is 14.9. The fourth-order valence-corrected chi connectivity index (χ4v) is 3.45. The van der Waals surface area contributed by atoms with Crippen LogP contribution in [0.4, 0.5) is 0 Å². The first-order valence-corrected chi connectivity index (χ1v) is 7.28. The van der Waals surface area contributed by atoms with Crippen LogP contribution in [0.5, 0.6) is 0 Å². The minimum atomic E-state index is -0.0698. The predicted octanol–water partition coefficient (Wildman–Crippen LogP) is 3.55. The van der Waals surface area contributed by atoms with E-state index in [0.29, 0.717) is 0 Å². The van der Waals surface area contributed by atoms with Crippen molar-refractivity contribution in [1.29, 1.82) is 0 Å². The highest BCUT2D eigenvalue weighted by molar-refractivity contribution is 5.18. The van der Waals surface area contributed by atoms with Gasteiger partial charge in [-0.15, -0.1) is 0 Å². The van der Waals surface area contributed by atoms with E-state index in [0.717, 1.165) is 12.8 Å². The quantitative estimate of drug-likeness (QED) is 0.602. The molecule has 1 unspecified atom stereocenters. The molecule has 1 fully saturated rings. The Labute approximate surface area is 106 Å². The molecule has 0 amide bonds. The maximum absolute atomic E-state index is 6.54. The first-order valence-electron chi connectivity index (χ1n) is 7.28. The third kappa shape index (κ3) is 2.92. The molecule has 0 aromatic heterocycles. The standard InChI is InChI=1S/C15H27NO/c1-17-15(11-7-2-3-8-12-15)14(16)13-9-5-4-6-10-13/h9,14H,2-8,10-12,16H2,1H3. The summed E-state index contributed by atoms with van der Waals surface area (Å²) in [5.41, 5.74) is 7.93. The van der Waals surface area contributed by atoms with Crippen molar-refractivity contribution >= 4 is 0 Å². The van der Waals surface area contributed by atoms with Gasteiger partial charge in [-0.2, -0.15) is 0 Å². The van der Waals surface area contributed by atoms with E-state index in [-0.39, 0.29) is 11.6 Å².